The van der Waals surface area contributed by atoms with Crippen molar-refractivity contribution in [2.75, 3.05) is 13.1 Å². The van der Waals surface area contributed by atoms with Crippen molar-refractivity contribution < 1.29 is 0 Å². The Labute approximate surface area is 107 Å². The van der Waals surface area contributed by atoms with E-state index in [2.05, 4.69) is 32.0 Å². The van der Waals surface area contributed by atoms with Gasteiger partial charge in [-0.1, -0.05) is 0 Å². The second-order valence-electron chi connectivity index (χ2n) is 4.83. The molecule has 1 saturated heterocycles. The highest BCUT2D eigenvalue weighted by Crippen LogP contribution is 2.25. The molecule has 3 heterocycles. The van der Waals surface area contributed by atoms with E-state index in [0.717, 1.165) is 19.6 Å². The van der Waals surface area contributed by atoms with Gasteiger partial charge in [-0.2, -0.15) is 0 Å². The average molecular weight is 242 g/mol. The zero-order valence-electron chi connectivity index (χ0n) is 10.4. The van der Waals surface area contributed by atoms with Crippen LogP contribution in [0.2, 0.25) is 0 Å². The number of piperidine rings is 1. The maximum absolute atomic E-state index is 4.32. The van der Waals surface area contributed by atoms with Crippen LogP contribution in [0.4, 0.5) is 0 Å². The summed E-state index contributed by atoms with van der Waals surface area (Å²) in [6, 6.07) is 4.12. The highest BCUT2D eigenvalue weighted by Gasteiger charge is 2.18. The minimum atomic E-state index is 0.649. The molecule has 1 aliphatic rings. The average Bonchev–Trinajstić information content (AvgIpc) is 2.89. The maximum Gasteiger partial charge on any atom is 0.0951 e. The molecule has 1 fully saturated rings. The fourth-order valence-corrected chi connectivity index (χ4v) is 2.61. The Morgan fingerprint density at radius 2 is 1.94 bits per heavy atom. The van der Waals surface area contributed by atoms with Gasteiger partial charge < -0.3 is 9.88 Å². The smallest absolute Gasteiger partial charge is 0.0951 e. The first-order valence-corrected chi connectivity index (χ1v) is 6.53. The lowest BCUT2D eigenvalue weighted by Gasteiger charge is -2.23. The zero-order chi connectivity index (χ0) is 12.2. The molecule has 1 aliphatic heterocycles. The van der Waals surface area contributed by atoms with E-state index >= 15 is 0 Å². The Bertz CT molecular complexity index is 486. The Morgan fingerprint density at radius 1 is 1.17 bits per heavy atom. The number of nitrogens with one attached hydrogen (secondary N) is 1. The Morgan fingerprint density at radius 3 is 2.72 bits per heavy atom. The molecule has 4 nitrogen and oxygen atoms in total. The molecule has 2 aromatic heterocycles. The number of rotatable bonds is 3. The fraction of sp³-hybridized carbons (Fsp3) is 0.429. The topological polar surface area (TPSA) is 42.7 Å². The first-order valence-electron chi connectivity index (χ1n) is 6.53. The van der Waals surface area contributed by atoms with Gasteiger partial charge in [-0.05, 0) is 43.6 Å². The van der Waals surface area contributed by atoms with Crippen molar-refractivity contribution in [3.8, 4) is 0 Å². The van der Waals surface area contributed by atoms with Crippen LogP contribution in [0.3, 0.4) is 0 Å². The minimum absolute atomic E-state index is 0.649. The maximum atomic E-state index is 4.32. The third-order valence-electron chi connectivity index (χ3n) is 3.60. The third kappa shape index (κ3) is 2.43. The van der Waals surface area contributed by atoms with Gasteiger partial charge in [0.05, 0.1) is 6.33 Å². The third-order valence-corrected chi connectivity index (χ3v) is 3.60. The SMILES string of the molecule is c1cc(Cn2cncc2C2CCNCC2)ccn1. The highest BCUT2D eigenvalue weighted by atomic mass is 15.0. The summed E-state index contributed by atoms with van der Waals surface area (Å²) in [4.78, 5) is 8.37. The summed E-state index contributed by atoms with van der Waals surface area (Å²) >= 11 is 0. The fourth-order valence-electron chi connectivity index (χ4n) is 2.61. The Hall–Kier alpha value is -1.68. The molecule has 0 bridgehead atoms. The van der Waals surface area contributed by atoms with Gasteiger partial charge in [0.1, 0.15) is 0 Å². The summed E-state index contributed by atoms with van der Waals surface area (Å²) in [6.07, 6.45) is 10.1. The van der Waals surface area contributed by atoms with Crippen molar-refractivity contribution in [1.82, 2.24) is 19.9 Å². The van der Waals surface area contributed by atoms with Gasteiger partial charge in [0.2, 0.25) is 0 Å². The molecule has 94 valence electrons. The molecule has 0 spiro atoms. The predicted molar refractivity (Wildman–Crippen MR) is 70.4 cm³/mol. The van der Waals surface area contributed by atoms with Crippen molar-refractivity contribution >= 4 is 0 Å². The van der Waals surface area contributed by atoms with Crippen molar-refractivity contribution in [1.29, 1.82) is 0 Å². The first-order chi connectivity index (χ1) is 8.93. The van der Waals surface area contributed by atoms with E-state index in [4.69, 9.17) is 0 Å². The van der Waals surface area contributed by atoms with Crippen LogP contribution in [0, 0.1) is 0 Å². The van der Waals surface area contributed by atoms with E-state index < -0.39 is 0 Å². The number of hydrogen-bond acceptors (Lipinski definition) is 3. The number of aromatic nitrogens is 3. The largest absolute Gasteiger partial charge is 0.330 e. The zero-order valence-corrected chi connectivity index (χ0v) is 10.4. The molecule has 0 saturated carbocycles. The van der Waals surface area contributed by atoms with Crippen LogP contribution in [-0.2, 0) is 6.54 Å². The molecular weight excluding hydrogens is 224 g/mol. The van der Waals surface area contributed by atoms with Gasteiger partial charge >= 0.3 is 0 Å². The molecule has 3 rings (SSSR count). The van der Waals surface area contributed by atoms with Crippen molar-refractivity contribution in [2.24, 2.45) is 0 Å². The van der Waals surface area contributed by atoms with Gasteiger partial charge in [-0.25, -0.2) is 4.98 Å². The van der Waals surface area contributed by atoms with Crippen LogP contribution < -0.4 is 5.32 Å². The Balaban J connectivity index is 1.78. The molecule has 4 heteroatoms. The van der Waals surface area contributed by atoms with Crippen LogP contribution >= 0.6 is 0 Å². The first kappa shape index (κ1) is 11.4. The lowest BCUT2D eigenvalue weighted by atomic mass is 9.95. The molecular formula is C14H18N4. The van der Waals surface area contributed by atoms with E-state index in [-0.39, 0.29) is 0 Å². The number of imidazole rings is 1. The lowest BCUT2D eigenvalue weighted by molar-refractivity contribution is 0.442. The molecule has 0 amide bonds. The van der Waals surface area contributed by atoms with E-state index in [0.29, 0.717) is 5.92 Å². The van der Waals surface area contributed by atoms with Crippen molar-refractivity contribution in [2.45, 2.75) is 25.3 Å². The molecule has 18 heavy (non-hydrogen) atoms. The lowest BCUT2D eigenvalue weighted by Crippen LogP contribution is -2.27. The van der Waals surface area contributed by atoms with E-state index in [1.54, 1.807) is 0 Å². The summed E-state index contributed by atoms with van der Waals surface area (Å²) in [7, 11) is 0. The van der Waals surface area contributed by atoms with Crippen LogP contribution in [0.15, 0.2) is 37.1 Å². The molecule has 0 radical (unpaired) electrons. The highest BCUT2D eigenvalue weighted by molar-refractivity contribution is 5.14. The van der Waals surface area contributed by atoms with Crippen molar-refractivity contribution in [3.05, 3.63) is 48.3 Å². The predicted octanol–water partition coefficient (Wildman–Crippen LogP) is 1.79. The minimum Gasteiger partial charge on any atom is -0.330 e. The molecule has 0 aromatic carbocycles. The second-order valence-corrected chi connectivity index (χ2v) is 4.83. The quantitative estimate of drug-likeness (QED) is 0.892. The van der Waals surface area contributed by atoms with E-state index in [1.807, 2.05) is 24.9 Å². The summed E-state index contributed by atoms with van der Waals surface area (Å²) in [5.74, 6) is 0.649. The van der Waals surface area contributed by atoms with E-state index in [1.165, 1.54) is 24.1 Å². The van der Waals surface area contributed by atoms with Crippen LogP contribution in [0.25, 0.3) is 0 Å². The second kappa shape index (κ2) is 5.31. The monoisotopic (exact) mass is 242 g/mol. The van der Waals surface area contributed by atoms with Gasteiger partial charge in [-0.3, -0.25) is 4.98 Å². The molecule has 2 aromatic rings. The molecule has 0 atom stereocenters. The van der Waals surface area contributed by atoms with E-state index in [9.17, 15) is 0 Å². The summed E-state index contributed by atoms with van der Waals surface area (Å²) in [6.45, 7) is 3.12. The van der Waals surface area contributed by atoms with Gasteiger partial charge in [0, 0.05) is 36.7 Å². The standard InChI is InChI=1S/C14H18N4/c1-5-15-6-2-12(1)10-18-11-17-9-14(18)13-3-7-16-8-4-13/h1-2,5-6,9,11,13,16H,3-4,7-8,10H2. The summed E-state index contributed by atoms with van der Waals surface area (Å²) in [5, 5.41) is 3.41. The van der Waals surface area contributed by atoms with Gasteiger partial charge in [0.25, 0.3) is 0 Å². The number of hydrogen-bond donors (Lipinski definition) is 1. The summed E-state index contributed by atoms with van der Waals surface area (Å²) < 4.78 is 2.27. The molecule has 0 unspecified atom stereocenters. The Kier molecular flexibility index (Phi) is 3.37. The van der Waals surface area contributed by atoms with Crippen molar-refractivity contribution in [3.63, 3.8) is 0 Å². The van der Waals surface area contributed by atoms with Gasteiger partial charge in [-0.15, -0.1) is 0 Å². The van der Waals surface area contributed by atoms with Crippen LogP contribution in [0.1, 0.15) is 30.0 Å². The summed E-state index contributed by atoms with van der Waals surface area (Å²) in [5.41, 5.74) is 2.64. The van der Waals surface area contributed by atoms with Crippen LogP contribution in [-0.4, -0.2) is 27.6 Å². The molecule has 0 aliphatic carbocycles. The number of pyridine rings is 1. The normalized spacial score (nSPS) is 16.9. The van der Waals surface area contributed by atoms with Gasteiger partial charge in [0.15, 0.2) is 0 Å². The number of nitrogens with zero attached hydrogens (tertiary/aromatic N) is 3. The molecule has 1 N–H and O–H groups in total. The van der Waals surface area contributed by atoms with Crippen LogP contribution in [0.5, 0.6) is 0 Å².